The number of fused-ring (bicyclic) bond motifs is 1. The van der Waals surface area contributed by atoms with E-state index in [4.69, 9.17) is 0 Å². The molecule has 0 aliphatic heterocycles. The zero-order valence-corrected chi connectivity index (χ0v) is 15.2. The zero-order chi connectivity index (χ0) is 14.4. The van der Waals surface area contributed by atoms with Crippen LogP contribution in [0.2, 0.25) is 0 Å². The third-order valence-electron chi connectivity index (χ3n) is 3.23. The highest BCUT2D eigenvalue weighted by Gasteiger charge is 2.04. The van der Waals surface area contributed by atoms with Crippen LogP contribution >= 0.6 is 24.0 Å². The minimum atomic E-state index is 0. The Morgan fingerprint density at radius 3 is 2.81 bits per heavy atom. The van der Waals surface area contributed by atoms with Gasteiger partial charge in [-0.15, -0.1) is 24.0 Å². The Morgan fingerprint density at radius 1 is 1.33 bits per heavy atom. The van der Waals surface area contributed by atoms with Crippen molar-refractivity contribution >= 4 is 35.6 Å². The van der Waals surface area contributed by atoms with E-state index in [2.05, 4.69) is 51.1 Å². The van der Waals surface area contributed by atoms with Crippen LogP contribution < -0.4 is 10.6 Å². The van der Waals surface area contributed by atoms with Crippen molar-refractivity contribution < 1.29 is 0 Å². The Morgan fingerprint density at radius 2 is 2.14 bits per heavy atom. The normalized spacial score (nSPS) is 11.3. The summed E-state index contributed by atoms with van der Waals surface area (Å²) in [6, 6.07) is 6.13. The molecule has 2 heterocycles. The molecule has 0 aromatic carbocycles. The van der Waals surface area contributed by atoms with Crippen LogP contribution in [0.5, 0.6) is 0 Å². The van der Waals surface area contributed by atoms with E-state index >= 15 is 0 Å². The van der Waals surface area contributed by atoms with Gasteiger partial charge in [0.05, 0.1) is 12.2 Å². The molecule has 0 radical (unpaired) electrons. The number of pyridine rings is 1. The first-order valence-corrected chi connectivity index (χ1v) is 7.12. The predicted octanol–water partition coefficient (Wildman–Crippen LogP) is 2.73. The second kappa shape index (κ2) is 8.86. The van der Waals surface area contributed by atoms with Crippen LogP contribution in [0, 0.1) is 6.92 Å². The average Bonchev–Trinajstić information content (AvgIpc) is 2.87. The number of nitrogens with zero attached hydrogens (tertiary/aromatic N) is 3. The molecule has 0 saturated carbocycles. The first-order valence-electron chi connectivity index (χ1n) is 7.12. The lowest BCUT2D eigenvalue weighted by Gasteiger charge is -2.10. The fourth-order valence-electron chi connectivity index (χ4n) is 2.06. The summed E-state index contributed by atoms with van der Waals surface area (Å²) < 4.78 is 2.10. The van der Waals surface area contributed by atoms with Crippen molar-refractivity contribution in [3.63, 3.8) is 0 Å². The molecule has 0 atom stereocenters. The van der Waals surface area contributed by atoms with Gasteiger partial charge in [-0.25, -0.2) is 4.98 Å². The molecule has 0 fully saturated rings. The van der Waals surface area contributed by atoms with Crippen molar-refractivity contribution in [3.8, 4) is 0 Å². The van der Waals surface area contributed by atoms with Crippen LogP contribution in [0.25, 0.3) is 5.65 Å². The van der Waals surface area contributed by atoms with E-state index in [9.17, 15) is 0 Å². The first-order chi connectivity index (χ1) is 9.74. The fraction of sp³-hybridized carbons (Fsp3) is 0.467. The lowest BCUT2D eigenvalue weighted by atomic mass is 10.3. The number of halogens is 1. The first kappa shape index (κ1) is 17.7. The molecule has 0 saturated heterocycles. The van der Waals surface area contributed by atoms with E-state index in [1.165, 1.54) is 12.1 Å². The van der Waals surface area contributed by atoms with Crippen LogP contribution in [-0.2, 0) is 6.54 Å². The molecule has 0 unspecified atom stereocenters. The summed E-state index contributed by atoms with van der Waals surface area (Å²) in [6.07, 6.45) is 4.39. The molecule has 116 valence electrons. The van der Waals surface area contributed by atoms with Crippen molar-refractivity contribution in [2.45, 2.75) is 33.2 Å². The van der Waals surface area contributed by atoms with Gasteiger partial charge in [-0.1, -0.05) is 19.4 Å². The van der Waals surface area contributed by atoms with Gasteiger partial charge in [0, 0.05) is 25.5 Å². The molecule has 6 heteroatoms. The number of guanidine groups is 1. The minimum Gasteiger partial charge on any atom is -0.356 e. The number of aliphatic imine (C=N–C) groups is 1. The van der Waals surface area contributed by atoms with Gasteiger partial charge in [0.25, 0.3) is 0 Å². The van der Waals surface area contributed by atoms with Crippen LogP contribution in [0.4, 0.5) is 0 Å². The third kappa shape index (κ3) is 4.87. The maximum absolute atomic E-state index is 4.59. The number of aryl methyl sites for hydroxylation is 1. The highest BCUT2D eigenvalue weighted by atomic mass is 127. The van der Waals surface area contributed by atoms with Crippen molar-refractivity contribution in [2.24, 2.45) is 4.99 Å². The van der Waals surface area contributed by atoms with Crippen molar-refractivity contribution in [1.82, 2.24) is 20.0 Å². The Bertz CT molecular complexity index is 591. The molecule has 0 aliphatic rings. The van der Waals surface area contributed by atoms with Gasteiger partial charge in [-0.05, 0) is 25.5 Å². The lowest BCUT2D eigenvalue weighted by molar-refractivity contribution is 0.726. The minimum absolute atomic E-state index is 0. The summed E-state index contributed by atoms with van der Waals surface area (Å²) in [4.78, 5) is 8.80. The van der Waals surface area contributed by atoms with E-state index in [1.807, 2.05) is 12.1 Å². The second-order valence-corrected chi connectivity index (χ2v) is 4.83. The standard InChI is InChI=1S/C15H23N5.HI/c1-4-5-9-17-15(16-3)18-10-13-11-20-12(2)7-6-8-14(20)19-13;/h6-8,11H,4-5,9-10H2,1-3H3,(H2,16,17,18);1H. The molecule has 0 aliphatic carbocycles. The van der Waals surface area contributed by atoms with Crippen molar-refractivity contribution in [1.29, 1.82) is 0 Å². The van der Waals surface area contributed by atoms with Gasteiger partial charge in [0.15, 0.2) is 5.96 Å². The number of hydrogen-bond donors (Lipinski definition) is 2. The topological polar surface area (TPSA) is 53.7 Å². The number of rotatable bonds is 5. The summed E-state index contributed by atoms with van der Waals surface area (Å²) in [5.74, 6) is 0.826. The quantitative estimate of drug-likeness (QED) is 0.351. The lowest BCUT2D eigenvalue weighted by Crippen LogP contribution is -2.37. The van der Waals surface area contributed by atoms with Gasteiger partial charge >= 0.3 is 0 Å². The summed E-state index contributed by atoms with van der Waals surface area (Å²) in [5.41, 5.74) is 3.18. The second-order valence-electron chi connectivity index (χ2n) is 4.83. The van der Waals surface area contributed by atoms with E-state index in [1.54, 1.807) is 7.05 Å². The Hall–Kier alpha value is -1.31. The number of nitrogens with one attached hydrogen (secondary N) is 2. The number of hydrogen-bond acceptors (Lipinski definition) is 2. The van der Waals surface area contributed by atoms with Gasteiger partial charge < -0.3 is 15.0 Å². The smallest absolute Gasteiger partial charge is 0.191 e. The van der Waals surface area contributed by atoms with Crippen molar-refractivity contribution in [2.75, 3.05) is 13.6 Å². The van der Waals surface area contributed by atoms with E-state index in [0.717, 1.165) is 30.3 Å². The summed E-state index contributed by atoms with van der Waals surface area (Å²) >= 11 is 0. The van der Waals surface area contributed by atoms with E-state index in [0.29, 0.717) is 6.54 Å². The highest BCUT2D eigenvalue weighted by molar-refractivity contribution is 14.0. The van der Waals surface area contributed by atoms with Crippen LogP contribution in [-0.4, -0.2) is 28.9 Å². The molecule has 2 aromatic heterocycles. The molecular formula is C15H24IN5. The summed E-state index contributed by atoms with van der Waals surface area (Å²) in [6.45, 7) is 5.88. The summed E-state index contributed by atoms with van der Waals surface area (Å²) in [5, 5.41) is 6.58. The molecule has 0 amide bonds. The van der Waals surface area contributed by atoms with Crippen LogP contribution in [0.15, 0.2) is 29.4 Å². The maximum Gasteiger partial charge on any atom is 0.191 e. The number of imidazole rings is 1. The van der Waals surface area contributed by atoms with Crippen LogP contribution in [0.3, 0.4) is 0 Å². The Labute approximate surface area is 143 Å². The van der Waals surface area contributed by atoms with Crippen LogP contribution in [0.1, 0.15) is 31.2 Å². The molecule has 2 rings (SSSR count). The molecule has 2 N–H and O–H groups in total. The van der Waals surface area contributed by atoms with Gasteiger partial charge in [-0.3, -0.25) is 4.99 Å². The SMILES string of the molecule is CCCCNC(=NC)NCc1cn2c(C)cccc2n1.I. The molecule has 2 aromatic rings. The Balaban J connectivity index is 0.00000220. The molecule has 21 heavy (non-hydrogen) atoms. The predicted molar refractivity (Wildman–Crippen MR) is 98.5 cm³/mol. The molecule has 5 nitrogen and oxygen atoms in total. The zero-order valence-electron chi connectivity index (χ0n) is 12.9. The van der Waals surface area contributed by atoms with Crippen molar-refractivity contribution in [3.05, 3.63) is 35.8 Å². The summed E-state index contributed by atoms with van der Waals surface area (Å²) in [7, 11) is 1.79. The van der Waals surface area contributed by atoms with E-state index < -0.39 is 0 Å². The number of aromatic nitrogens is 2. The number of unbranched alkanes of at least 4 members (excludes halogenated alkanes) is 1. The highest BCUT2D eigenvalue weighted by Crippen LogP contribution is 2.08. The average molecular weight is 401 g/mol. The van der Waals surface area contributed by atoms with Gasteiger partial charge in [-0.2, -0.15) is 0 Å². The monoisotopic (exact) mass is 401 g/mol. The molecule has 0 spiro atoms. The molecule has 0 bridgehead atoms. The fourth-order valence-corrected chi connectivity index (χ4v) is 2.06. The van der Waals surface area contributed by atoms with E-state index in [-0.39, 0.29) is 24.0 Å². The van der Waals surface area contributed by atoms with Gasteiger partial charge in [0.1, 0.15) is 5.65 Å². The Kier molecular flexibility index (Phi) is 7.49. The maximum atomic E-state index is 4.59. The largest absolute Gasteiger partial charge is 0.356 e. The third-order valence-corrected chi connectivity index (χ3v) is 3.23. The van der Waals surface area contributed by atoms with Gasteiger partial charge in [0.2, 0.25) is 0 Å². The molecular weight excluding hydrogens is 377 g/mol.